The summed E-state index contributed by atoms with van der Waals surface area (Å²) in [5.41, 5.74) is 2.06. The van der Waals surface area contributed by atoms with Crippen molar-refractivity contribution in [3.05, 3.63) is 47.1 Å². The number of benzene rings is 1. The molecule has 0 aliphatic carbocycles. The van der Waals surface area contributed by atoms with E-state index in [1.54, 1.807) is 6.08 Å². The molecule has 2 aliphatic heterocycles. The Morgan fingerprint density at radius 1 is 1.18 bits per heavy atom. The predicted octanol–water partition coefficient (Wildman–Crippen LogP) is 5.21. The monoisotopic (exact) mass is 458 g/mol. The molecule has 182 valence electrons. The van der Waals surface area contributed by atoms with Crippen molar-refractivity contribution < 1.29 is 28.8 Å². The molecule has 2 heterocycles. The first-order valence-electron chi connectivity index (χ1n) is 12.0. The normalized spacial score (nSPS) is 31.6. The maximum atomic E-state index is 13.2. The van der Waals surface area contributed by atoms with Crippen LogP contribution in [0.25, 0.3) is 6.08 Å². The van der Waals surface area contributed by atoms with Gasteiger partial charge in [-0.15, -0.1) is 0 Å². The summed E-state index contributed by atoms with van der Waals surface area (Å²) in [6.07, 6.45) is 7.88. The molecule has 1 N–H and O–H groups in total. The molecule has 1 aromatic carbocycles. The van der Waals surface area contributed by atoms with Gasteiger partial charge in [0.2, 0.25) is 0 Å². The average molecular weight is 459 g/mol. The van der Waals surface area contributed by atoms with Gasteiger partial charge < -0.3 is 24.1 Å². The summed E-state index contributed by atoms with van der Waals surface area (Å²) >= 11 is 0. The minimum absolute atomic E-state index is 0.0939. The van der Waals surface area contributed by atoms with Crippen LogP contribution in [0.1, 0.15) is 75.4 Å². The van der Waals surface area contributed by atoms with E-state index in [0.29, 0.717) is 29.9 Å². The van der Waals surface area contributed by atoms with Crippen molar-refractivity contribution >= 4 is 12.0 Å². The number of hydrogen-bond acceptors (Lipinski definition) is 6. The van der Waals surface area contributed by atoms with Crippen LogP contribution in [0, 0.1) is 12.8 Å². The number of aliphatic hydroxyl groups is 1. The number of carbonyl (C=O) groups is 1. The number of fused-ring (bicyclic) bond motifs is 2. The van der Waals surface area contributed by atoms with Gasteiger partial charge >= 0.3 is 5.97 Å². The number of hydrogen-bond donors (Lipinski definition) is 1. The second kappa shape index (κ2) is 10.9. The fourth-order valence-corrected chi connectivity index (χ4v) is 4.14. The van der Waals surface area contributed by atoms with Crippen molar-refractivity contribution in [2.75, 3.05) is 6.61 Å². The van der Waals surface area contributed by atoms with Gasteiger partial charge in [0.25, 0.3) is 0 Å². The van der Waals surface area contributed by atoms with E-state index in [1.807, 2.05) is 65.0 Å². The summed E-state index contributed by atoms with van der Waals surface area (Å²) in [4.78, 5) is 13.2. The molecule has 6 nitrogen and oxygen atoms in total. The van der Waals surface area contributed by atoms with Crippen LogP contribution >= 0.6 is 0 Å². The third kappa shape index (κ3) is 6.25. The molecule has 0 bridgehead atoms. The van der Waals surface area contributed by atoms with Gasteiger partial charge in [0, 0.05) is 11.5 Å². The van der Waals surface area contributed by atoms with E-state index in [2.05, 4.69) is 6.92 Å². The highest BCUT2D eigenvalue weighted by molar-refractivity contribution is 5.96. The van der Waals surface area contributed by atoms with Gasteiger partial charge in [-0.25, -0.2) is 4.79 Å². The van der Waals surface area contributed by atoms with E-state index in [1.165, 1.54) is 0 Å². The quantitative estimate of drug-likeness (QED) is 0.379. The van der Waals surface area contributed by atoms with Gasteiger partial charge in [0.15, 0.2) is 5.79 Å². The van der Waals surface area contributed by atoms with E-state index in [-0.39, 0.29) is 24.1 Å². The topological polar surface area (TPSA) is 74.2 Å². The first-order valence-corrected chi connectivity index (χ1v) is 12.0. The SMILES string of the molecule is CCCCOc1ccc(C)c2c1/C=C/C[C@@H]1OC(C)(C)O[C@@H]1C(O)/C=C\[C@@H](C)[C@H](C)OC2=O. The van der Waals surface area contributed by atoms with E-state index >= 15 is 0 Å². The van der Waals surface area contributed by atoms with Crippen molar-refractivity contribution in [3.63, 3.8) is 0 Å². The fraction of sp³-hybridized carbons (Fsp3) is 0.593. The van der Waals surface area contributed by atoms with Crippen molar-refractivity contribution in [2.24, 2.45) is 5.92 Å². The molecule has 1 unspecified atom stereocenters. The molecule has 1 aromatic rings. The molecule has 1 fully saturated rings. The smallest absolute Gasteiger partial charge is 0.339 e. The van der Waals surface area contributed by atoms with Gasteiger partial charge in [0.05, 0.1) is 18.3 Å². The number of aryl methyl sites for hydroxylation is 1. The molecule has 2 aliphatic rings. The van der Waals surface area contributed by atoms with Gasteiger partial charge in [-0.3, -0.25) is 0 Å². The molecule has 0 aromatic heterocycles. The van der Waals surface area contributed by atoms with Crippen molar-refractivity contribution in [1.82, 2.24) is 0 Å². The zero-order chi connectivity index (χ0) is 24.2. The molecule has 0 amide bonds. The van der Waals surface area contributed by atoms with E-state index < -0.39 is 18.0 Å². The Kier molecular flexibility index (Phi) is 8.38. The van der Waals surface area contributed by atoms with E-state index in [9.17, 15) is 9.90 Å². The second-order valence-corrected chi connectivity index (χ2v) is 9.49. The molecule has 0 radical (unpaired) electrons. The van der Waals surface area contributed by atoms with Crippen LogP contribution in [0.3, 0.4) is 0 Å². The predicted molar refractivity (Wildman–Crippen MR) is 128 cm³/mol. The van der Waals surface area contributed by atoms with Crippen LogP contribution in [0.5, 0.6) is 5.75 Å². The van der Waals surface area contributed by atoms with E-state index in [0.717, 1.165) is 18.4 Å². The van der Waals surface area contributed by atoms with Crippen LogP contribution in [-0.2, 0) is 14.2 Å². The summed E-state index contributed by atoms with van der Waals surface area (Å²) in [6, 6.07) is 3.80. The molecular formula is C27H38O6. The first kappa shape index (κ1) is 25.5. The molecule has 33 heavy (non-hydrogen) atoms. The highest BCUT2D eigenvalue weighted by Crippen LogP contribution is 2.34. The third-order valence-electron chi connectivity index (χ3n) is 6.23. The third-order valence-corrected chi connectivity index (χ3v) is 6.23. The first-order chi connectivity index (χ1) is 15.6. The van der Waals surface area contributed by atoms with Gasteiger partial charge in [0.1, 0.15) is 24.1 Å². The van der Waals surface area contributed by atoms with Crippen LogP contribution in [0.2, 0.25) is 0 Å². The van der Waals surface area contributed by atoms with Crippen molar-refractivity contribution in [3.8, 4) is 5.75 Å². The molecule has 0 saturated carbocycles. The summed E-state index contributed by atoms with van der Waals surface area (Å²) in [5.74, 6) is -0.598. The lowest BCUT2D eigenvalue weighted by molar-refractivity contribution is -0.152. The van der Waals surface area contributed by atoms with Gasteiger partial charge in [-0.05, 0) is 52.2 Å². The Labute approximate surface area is 197 Å². The number of aliphatic hydroxyl groups excluding tert-OH is 1. The zero-order valence-corrected chi connectivity index (χ0v) is 20.7. The Hall–Kier alpha value is -2.15. The largest absolute Gasteiger partial charge is 0.493 e. The minimum Gasteiger partial charge on any atom is -0.493 e. The lowest BCUT2D eigenvalue weighted by Gasteiger charge is -2.23. The van der Waals surface area contributed by atoms with Crippen LogP contribution in [0.4, 0.5) is 0 Å². The lowest BCUT2D eigenvalue weighted by Crippen LogP contribution is -2.34. The standard InChI is InChI=1S/C27H38O6/c1-7-8-16-30-22-15-13-18(3)24-20(22)10-9-11-23-25(33-27(5,6)32-23)21(28)14-12-17(2)19(4)31-26(24)29/h9-10,12-15,17,19,21,23,25,28H,7-8,11,16H2,1-6H3/b10-9+,14-12-/t17-,19+,21?,23+,25-/m1/s1. The molecule has 3 rings (SSSR count). The molecule has 6 heteroatoms. The maximum absolute atomic E-state index is 13.2. The minimum atomic E-state index is -0.832. The maximum Gasteiger partial charge on any atom is 0.339 e. The number of unbranched alkanes of at least 4 members (excludes halogenated alkanes) is 1. The number of rotatable bonds is 4. The Morgan fingerprint density at radius 2 is 1.94 bits per heavy atom. The number of carbonyl (C=O) groups excluding carboxylic acids is 1. The Morgan fingerprint density at radius 3 is 2.67 bits per heavy atom. The summed E-state index contributed by atoms with van der Waals surface area (Å²) in [5, 5.41) is 10.8. The second-order valence-electron chi connectivity index (χ2n) is 9.49. The zero-order valence-electron chi connectivity index (χ0n) is 20.7. The lowest BCUT2D eigenvalue weighted by atomic mass is 9.97. The number of esters is 1. The number of ether oxygens (including phenoxy) is 4. The Bertz CT molecular complexity index is 887. The van der Waals surface area contributed by atoms with E-state index in [4.69, 9.17) is 18.9 Å². The van der Waals surface area contributed by atoms with Crippen LogP contribution in [0.15, 0.2) is 30.4 Å². The molecule has 5 atom stereocenters. The summed E-state index contributed by atoms with van der Waals surface area (Å²) in [6.45, 7) is 12.1. The average Bonchev–Trinajstić information content (AvgIpc) is 3.07. The van der Waals surface area contributed by atoms with Gasteiger partial charge in [-0.2, -0.15) is 0 Å². The van der Waals surface area contributed by atoms with Crippen LogP contribution < -0.4 is 4.74 Å². The molecule has 1 saturated heterocycles. The molecular weight excluding hydrogens is 420 g/mol. The van der Waals surface area contributed by atoms with Crippen molar-refractivity contribution in [2.45, 2.75) is 91.0 Å². The van der Waals surface area contributed by atoms with Gasteiger partial charge in [-0.1, -0.05) is 50.6 Å². The summed E-state index contributed by atoms with van der Waals surface area (Å²) < 4.78 is 24.0. The fourth-order valence-electron chi connectivity index (χ4n) is 4.14. The molecule has 0 spiro atoms. The van der Waals surface area contributed by atoms with Crippen molar-refractivity contribution in [1.29, 1.82) is 0 Å². The highest BCUT2D eigenvalue weighted by atomic mass is 16.8. The Balaban J connectivity index is 2.03. The van der Waals surface area contributed by atoms with Crippen LogP contribution in [-0.4, -0.2) is 47.9 Å². The number of cyclic esters (lactones) is 1. The highest BCUT2D eigenvalue weighted by Gasteiger charge is 2.43. The summed E-state index contributed by atoms with van der Waals surface area (Å²) in [7, 11) is 0.